The quantitative estimate of drug-likeness (QED) is 0.730. The van der Waals surface area contributed by atoms with Crippen molar-refractivity contribution < 1.29 is 17.7 Å². The minimum Gasteiger partial charge on any atom is -0.354 e. The van der Waals surface area contributed by atoms with E-state index in [-0.39, 0.29) is 9.33 Å². The Kier molecular flexibility index (Phi) is 2.75. The van der Waals surface area contributed by atoms with Gasteiger partial charge in [-0.25, -0.2) is 0 Å². The molecule has 0 aliphatic carbocycles. The smallest absolute Gasteiger partial charge is 0.354 e. The maximum Gasteiger partial charge on any atom is 0.437 e. The van der Waals surface area contributed by atoms with E-state index in [4.69, 9.17) is 4.52 Å². The second-order valence-corrected chi connectivity index (χ2v) is 4.68. The van der Waals surface area contributed by atoms with Crippen molar-refractivity contribution in [1.82, 2.24) is 5.16 Å². The largest absolute Gasteiger partial charge is 0.437 e. The summed E-state index contributed by atoms with van der Waals surface area (Å²) in [5, 5.41) is 4.81. The molecule has 0 amide bonds. The molecule has 7 heteroatoms. The zero-order chi connectivity index (χ0) is 11.1. The van der Waals surface area contributed by atoms with Gasteiger partial charge in [0.15, 0.2) is 5.76 Å². The van der Waals surface area contributed by atoms with E-state index in [2.05, 4.69) is 5.16 Å². The summed E-state index contributed by atoms with van der Waals surface area (Å²) in [4.78, 5) is 0.641. The molecule has 0 saturated heterocycles. The van der Waals surface area contributed by atoms with Gasteiger partial charge in [-0.05, 0) is 34.0 Å². The highest BCUT2D eigenvalue weighted by atomic mass is 127. The molecule has 80 valence electrons. The number of aromatic nitrogens is 1. The van der Waals surface area contributed by atoms with Crippen molar-refractivity contribution in [3.05, 3.63) is 26.8 Å². The summed E-state index contributed by atoms with van der Waals surface area (Å²) < 4.78 is 41.8. The molecule has 0 spiro atoms. The van der Waals surface area contributed by atoms with E-state index < -0.39 is 11.9 Å². The number of nitrogens with zero attached hydrogens (tertiary/aromatic N) is 1. The number of halogens is 4. The summed E-state index contributed by atoms with van der Waals surface area (Å²) in [5.74, 6) is 0.179. The molecule has 0 aromatic carbocycles. The molecule has 0 bridgehead atoms. The topological polar surface area (TPSA) is 26.0 Å². The maximum atomic E-state index is 12.4. The van der Waals surface area contributed by atoms with Crippen LogP contribution in [-0.2, 0) is 6.18 Å². The van der Waals surface area contributed by atoms with Gasteiger partial charge in [0.2, 0.25) is 5.69 Å². The van der Waals surface area contributed by atoms with Gasteiger partial charge in [-0.1, -0.05) is 11.2 Å². The SMILES string of the molecule is FC(F)(F)c1noc(-c2cccs2)c1I. The number of alkyl halides is 3. The van der Waals surface area contributed by atoms with Crippen LogP contribution in [-0.4, -0.2) is 5.16 Å². The highest BCUT2D eigenvalue weighted by Gasteiger charge is 2.39. The van der Waals surface area contributed by atoms with Gasteiger partial charge in [0, 0.05) is 0 Å². The van der Waals surface area contributed by atoms with Crippen LogP contribution in [0.3, 0.4) is 0 Å². The lowest BCUT2D eigenvalue weighted by Crippen LogP contribution is -2.07. The van der Waals surface area contributed by atoms with Crippen molar-refractivity contribution in [3.63, 3.8) is 0 Å². The first-order chi connectivity index (χ1) is 7.00. The molecule has 2 aromatic rings. The van der Waals surface area contributed by atoms with Crippen molar-refractivity contribution in [3.8, 4) is 10.6 Å². The summed E-state index contributed by atoms with van der Waals surface area (Å²) in [6, 6.07) is 3.43. The average molecular weight is 345 g/mol. The normalized spacial score (nSPS) is 12.0. The fourth-order valence-electron chi connectivity index (χ4n) is 1.02. The number of rotatable bonds is 1. The minimum atomic E-state index is -4.46. The second-order valence-electron chi connectivity index (χ2n) is 2.65. The Balaban J connectivity index is 2.50. The van der Waals surface area contributed by atoms with Crippen LogP contribution in [0.25, 0.3) is 10.6 Å². The predicted molar refractivity (Wildman–Crippen MR) is 57.5 cm³/mol. The molecule has 0 aliphatic heterocycles. The highest BCUT2D eigenvalue weighted by molar-refractivity contribution is 14.1. The van der Waals surface area contributed by atoms with Gasteiger partial charge in [-0.2, -0.15) is 13.2 Å². The molecule has 0 radical (unpaired) electrons. The third-order valence-corrected chi connectivity index (χ3v) is 3.52. The lowest BCUT2D eigenvalue weighted by atomic mass is 10.3. The van der Waals surface area contributed by atoms with Crippen LogP contribution < -0.4 is 0 Å². The first-order valence-corrected chi connectivity index (χ1v) is 5.72. The molecule has 2 heterocycles. The lowest BCUT2D eigenvalue weighted by molar-refractivity contribution is -0.143. The van der Waals surface area contributed by atoms with Crippen LogP contribution in [0.1, 0.15) is 5.69 Å². The molecule has 2 rings (SSSR count). The lowest BCUT2D eigenvalue weighted by Gasteiger charge is -2.00. The Morgan fingerprint density at radius 2 is 2.13 bits per heavy atom. The maximum absolute atomic E-state index is 12.4. The number of thiophene rings is 1. The number of hydrogen-bond donors (Lipinski definition) is 0. The van der Waals surface area contributed by atoms with E-state index in [9.17, 15) is 13.2 Å². The molecule has 2 aromatic heterocycles. The third kappa shape index (κ3) is 2.03. The zero-order valence-corrected chi connectivity index (χ0v) is 9.98. The molecule has 0 aliphatic rings. The molecule has 0 fully saturated rings. The average Bonchev–Trinajstić information content (AvgIpc) is 2.69. The predicted octanol–water partition coefficient (Wildman–Crippen LogP) is 4.03. The Hall–Kier alpha value is -0.570. The van der Waals surface area contributed by atoms with E-state index in [1.165, 1.54) is 11.3 Å². The van der Waals surface area contributed by atoms with Gasteiger partial charge in [-0.3, -0.25) is 0 Å². The Morgan fingerprint density at radius 1 is 1.40 bits per heavy atom. The minimum absolute atomic E-state index is 0.00236. The van der Waals surface area contributed by atoms with Crippen LogP contribution in [0.2, 0.25) is 0 Å². The second kappa shape index (κ2) is 3.78. The van der Waals surface area contributed by atoms with E-state index in [0.717, 1.165) is 0 Å². The molecular formula is C8H3F3INOS. The zero-order valence-electron chi connectivity index (χ0n) is 7.01. The first kappa shape index (κ1) is 10.9. The highest BCUT2D eigenvalue weighted by Crippen LogP contribution is 2.38. The van der Waals surface area contributed by atoms with E-state index in [1.54, 1.807) is 40.1 Å². The summed E-state index contributed by atoms with van der Waals surface area (Å²) in [6.45, 7) is 0. The van der Waals surface area contributed by atoms with Gasteiger partial charge in [0.1, 0.15) is 0 Å². The van der Waals surface area contributed by atoms with Crippen molar-refractivity contribution in [2.45, 2.75) is 6.18 Å². The molecular weight excluding hydrogens is 342 g/mol. The summed E-state index contributed by atoms with van der Waals surface area (Å²) in [7, 11) is 0. The van der Waals surface area contributed by atoms with Crippen molar-refractivity contribution in [2.24, 2.45) is 0 Å². The van der Waals surface area contributed by atoms with Gasteiger partial charge < -0.3 is 4.52 Å². The molecule has 2 nitrogen and oxygen atoms in total. The van der Waals surface area contributed by atoms with E-state index in [0.29, 0.717) is 4.88 Å². The molecule has 0 saturated carbocycles. The van der Waals surface area contributed by atoms with Crippen molar-refractivity contribution in [1.29, 1.82) is 0 Å². The standard InChI is InChI=1S/C8H3F3INOS/c9-8(10,11)7-5(12)6(14-13-7)4-2-1-3-15-4/h1-3H. The van der Waals surface area contributed by atoms with Crippen LogP contribution in [0.4, 0.5) is 13.2 Å². The van der Waals surface area contributed by atoms with Gasteiger partial charge >= 0.3 is 6.18 Å². The molecule has 0 N–H and O–H groups in total. The molecule has 0 unspecified atom stereocenters. The van der Waals surface area contributed by atoms with Crippen LogP contribution in [0, 0.1) is 3.57 Å². The fourth-order valence-corrected chi connectivity index (χ4v) is 2.70. The summed E-state index contributed by atoms with van der Waals surface area (Å²) in [5.41, 5.74) is -0.966. The van der Waals surface area contributed by atoms with Crippen LogP contribution >= 0.6 is 33.9 Å². The van der Waals surface area contributed by atoms with Gasteiger partial charge in [0.05, 0.1) is 8.45 Å². The Bertz CT molecular complexity index is 463. The first-order valence-electron chi connectivity index (χ1n) is 3.76. The summed E-state index contributed by atoms with van der Waals surface area (Å²) in [6.07, 6.45) is -4.46. The Morgan fingerprint density at radius 3 is 2.60 bits per heavy atom. The fraction of sp³-hybridized carbons (Fsp3) is 0.125. The summed E-state index contributed by atoms with van der Waals surface area (Å²) >= 11 is 2.90. The van der Waals surface area contributed by atoms with Crippen LogP contribution in [0.5, 0.6) is 0 Å². The molecule has 15 heavy (non-hydrogen) atoms. The third-order valence-electron chi connectivity index (χ3n) is 1.65. The van der Waals surface area contributed by atoms with Crippen molar-refractivity contribution in [2.75, 3.05) is 0 Å². The number of hydrogen-bond acceptors (Lipinski definition) is 3. The monoisotopic (exact) mass is 345 g/mol. The Labute approximate surface area is 100 Å². The van der Waals surface area contributed by atoms with Crippen molar-refractivity contribution >= 4 is 33.9 Å². The van der Waals surface area contributed by atoms with Crippen LogP contribution in [0.15, 0.2) is 22.0 Å². The molecule has 0 atom stereocenters. The van der Waals surface area contributed by atoms with E-state index in [1.807, 2.05) is 0 Å². The van der Waals surface area contributed by atoms with Gasteiger partial charge in [-0.15, -0.1) is 11.3 Å². The van der Waals surface area contributed by atoms with E-state index >= 15 is 0 Å². The van der Waals surface area contributed by atoms with Gasteiger partial charge in [0.25, 0.3) is 0 Å².